The van der Waals surface area contributed by atoms with E-state index in [4.69, 9.17) is 0 Å². The van der Waals surface area contributed by atoms with Gasteiger partial charge in [-0.15, -0.1) is 0 Å². The molecule has 1 aromatic carbocycles. The highest BCUT2D eigenvalue weighted by molar-refractivity contribution is 5.95. The van der Waals surface area contributed by atoms with E-state index < -0.39 is 0 Å². The number of nitrogens with one attached hydrogen (secondary N) is 2. The van der Waals surface area contributed by atoms with Crippen LogP contribution in [0.2, 0.25) is 0 Å². The summed E-state index contributed by atoms with van der Waals surface area (Å²) in [7, 11) is 0. The summed E-state index contributed by atoms with van der Waals surface area (Å²) in [5.41, 5.74) is 1.60. The zero-order valence-electron chi connectivity index (χ0n) is 12.7. The summed E-state index contributed by atoms with van der Waals surface area (Å²) in [4.78, 5) is 23.5. The van der Waals surface area contributed by atoms with Crippen LogP contribution in [0.1, 0.15) is 43.1 Å². The summed E-state index contributed by atoms with van der Waals surface area (Å²) in [6.07, 6.45) is 0.485. The molecule has 1 rings (SSSR count). The molecule has 0 saturated carbocycles. The van der Waals surface area contributed by atoms with E-state index in [1.165, 1.54) is 0 Å². The van der Waals surface area contributed by atoms with Gasteiger partial charge in [-0.3, -0.25) is 9.59 Å². The van der Waals surface area contributed by atoms with E-state index in [-0.39, 0.29) is 17.2 Å². The van der Waals surface area contributed by atoms with Gasteiger partial charge in [0.1, 0.15) is 0 Å². The summed E-state index contributed by atoms with van der Waals surface area (Å²) in [5.74, 6) is -0.0872. The number of rotatable bonds is 5. The maximum absolute atomic E-state index is 11.9. The van der Waals surface area contributed by atoms with Crippen LogP contribution in [0.5, 0.6) is 0 Å². The number of carbonyl (C=O) groups is 2. The van der Waals surface area contributed by atoms with Crippen LogP contribution in [0.25, 0.3) is 0 Å². The fourth-order valence-electron chi connectivity index (χ4n) is 1.85. The number of benzene rings is 1. The summed E-state index contributed by atoms with van der Waals surface area (Å²) in [5, 5.41) is 5.61. The topological polar surface area (TPSA) is 58.2 Å². The SMILES string of the molecule is Cc1ccccc1C(=O)NCCNC(=O)CC(C)(C)C. The van der Waals surface area contributed by atoms with E-state index in [1.54, 1.807) is 6.07 Å². The standard InChI is InChI=1S/C16H24N2O2/c1-12-7-5-6-8-13(12)15(20)18-10-9-17-14(19)11-16(2,3)4/h5-8H,9-11H2,1-4H3,(H,17,19)(H,18,20). The van der Waals surface area contributed by atoms with Gasteiger partial charge in [0, 0.05) is 25.1 Å². The predicted octanol–water partition coefficient (Wildman–Crippen LogP) is 2.28. The van der Waals surface area contributed by atoms with E-state index in [9.17, 15) is 9.59 Å². The van der Waals surface area contributed by atoms with Gasteiger partial charge in [-0.1, -0.05) is 39.0 Å². The number of aryl methyl sites for hydroxylation is 1. The second-order valence-electron chi connectivity index (χ2n) is 6.16. The average Bonchev–Trinajstić information content (AvgIpc) is 2.33. The van der Waals surface area contributed by atoms with Crippen LogP contribution in [0, 0.1) is 12.3 Å². The largest absolute Gasteiger partial charge is 0.354 e. The van der Waals surface area contributed by atoms with E-state index >= 15 is 0 Å². The monoisotopic (exact) mass is 276 g/mol. The smallest absolute Gasteiger partial charge is 0.251 e. The highest BCUT2D eigenvalue weighted by atomic mass is 16.2. The summed E-state index contributed by atoms with van der Waals surface area (Å²) in [6.45, 7) is 8.85. The Bertz CT molecular complexity index is 476. The third kappa shape index (κ3) is 5.87. The molecule has 0 radical (unpaired) electrons. The van der Waals surface area contributed by atoms with Crippen LogP contribution in [-0.2, 0) is 4.79 Å². The minimum absolute atomic E-state index is 0.0163. The lowest BCUT2D eigenvalue weighted by molar-refractivity contribution is -0.122. The fourth-order valence-corrected chi connectivity index (χ4v) is 1.85. The first-order valence-corrected chi connectivity index (χ1v) is 6.90. The second-order valence-corrected chi connectivity index (χ2v) is 6.16. The van der Waals surface area contributed by atoms with Crippen molar-refractivity contribution >= 4 is 11.8 Å². The van der Waals surface area contributed by atoms with Crippen molar-refractivity contribution in [3.05, 3.63) is 35.4 Å². The van der Waals surface area contributed by atoms with E-state index in [1.807, 2.05) is 45.9 Å². The highest BCUT2D eigenvalue weighted by Gasteiger charge is 2.15. The van der Waals surface area contributed by atoms with Gasteiger partial charge in [-0.2, -0.15) is 0 Å². The molecule has 0 aliphatic heterocycles. The van der Waals surface area contributed by atoms with Crippen molar-refractivity contribution in [2.24, 2.45) is 5.41 Å². The molecule has 0 aromatic heterocycles. The van der Waals surface area contributed by atoms with Gasteiger partial charge in [0.2, 0.25) is 5.91 Å². The third-order valence-electron chi connectivity index (χ3n) is 2.81. The number of amides is 2. The Hall–Kier alpha value is -1.84. The van der Waals surface area contributed by atoms with Gasteiger partial charge in [-0.05, 0) is 24.0 Å². The van der Waals surface area contributed by atoms with Crippen molar-refractivity contribution in [2.75, 3.05) is 13.1 Å². The highest BCUT2D eigenvalue weighted by Crippen LogP contribution is 2.17. The molecule has 0 atom stereocenters. The zero-order chi connectivity index (χ0) is 15.2. The molecule has 0 saturated heterocycles. The van der Waals surface area contributed by atoms with Gasteiger partial charge in [0.05, 0.1) is 0 Å². The van der Waals surface area contributed by atoms with Crippen molar-refractivity contribution in [2.45, 2.75) is 34.1 Å². The van der Waals surface area contributed by atoms with E-state index in [2.05, 4.69) is 10.6 Å². The lowest BCUT2D eigenvalue weighted by atomic mass is 9.92. The van der Waals surface area contributed by atoms with Crippen LogP contribution < -0.4 is 10.6 Å². The number of hydrogen-bond acceptors (Lipinski definition) is 2. The molecule has 4 nitrogen and oxygen atoms in total. The Balaban J connectivity index is 2.30. The molecule has 20 heavy (non-hydrogen) atoms. The lowest BCUT2D eigenvalue weighted by Gasteiger charge is -2.17. The molecule has 0 spiro atoms. The summed E-state index contributed by atoms with van der Waals surface area (Å²) in [6, 6.07) is 7.44. The molecule has 0 unspecified atom stereocenters. The summed E-state index contributed by atoms with van der Waals surface area (Å²) < 4.78 is 0. The summed E-state index contributed by atoms with van der Waals surface area (Å²) >= 11 is 0. The van der Waals surface area contributed by atoms with Gasteiger partial charge < -0.3 is 10.6 Å². The van der Waals surface area contributed by atoms with Crippen molar-refractivity contribution in [1.82, 2.24) is 10.6 Å². The number of hydrogen-bond donors (Lipinski definition) is 2. The number of carbonyl (C=O) groups excluding carboxylic acids is 2. The van der Waals surface area contributed by atoms with Crippen molar-refractivity contribution in [3.8, 4) is 0 Å². The van der Waals surface area contributed by atoms with Gasteiger partial charge in [0.15, 0.2) is 0 Å². The molecular weight excluding hydrogens is 252 g/mol. The van der Waals surface area contributed by atoms with Gasteiger partial charge >= 0.3 is 0 Å². The maximum atomic E-state index is 11.9. The van der Waals surface area contributed by atoms with Gasteiger partial charge in [-0.25, -0.2) is 0 Å². The van der Waals surface area contributed by atoms with Crippen LogP contribution in [0.3, 0.4) is 0 Å². The Morgan fingerprint density at radius 2 is 1.65 bits per heavy atom. The molecule has 0 bridgehead atoms. The molecule has 1 aromatic rings. The van der Waals surface area contributed by atoms with Crippen LogP contribution in [0.4, 0.5) is 0 Å². The van der Waals surface area contributed by atoms with Crippen LogP contribution in [-0.4, -0.2) is 24.9 Å². The molecule has 0 heterocycles. The molecule has 0 aliphatic rings. The molecule has 2 amide bonds. The van der Waals surface area contributed by atoms with Crippen molar-refractivity contribution in [3.63, 3.8) is 0 Å². The molecular formula is C16H24N2O2. The molecule has 0 fully saturated rings. The van der Waals surface area contributed by atoms with Crippen LogP contribution in [0.15, 0.2) is 24.3 Å². The quantitative estimate of drug-likeness (QED) is 0.811. The van der Waals surface area contributed by atoms with Crippen molar-refractivity contribution < 1.29 is 9.59 Å². The minimum Gasteiger partial charge on any atom is -0.354 e. The third-order valence-corrected chi connectivity index (χ3v) is 2.81. The molecule has 4 heteroatoms. The second kappa shape index (κ2) is 7.08. The maximum Gasteiger partial charge on any atom is 0.251 e. The predicted molar refractivity (Wildman–Crippen MR) is 80.6 cm³/mol. The Morgan fingerprint density at radius 1 is 1.05 bits per heavy atom. The lowest BCUT2D eigenvalue weighted by Crippen LogP contribution is -2.36. The van der Waals surface area contributed by atoms with E-state index in [0.717, 1.165) is 5.56 Å². The molecule has 0 aliphatic carbocycles. The minimum atomic E-state index is -0.104. The normalized spacial score (nSPS) is 11.0. The Kier molecular flexibility index (Phi) is 5.74. The first-order chi connectivity index (χ1) is 9.29. The first kappa shape index (κ1) is 16.2. The fraction of sp³-hybridized carbons (Fsp3) is 0.500. The van der Waals surface area contributed by atoms with Crippen LogP contribution >= 0.6 is 0 Å². The molecule has 2 N–H and O–H groups in total. The van der Waals surface area contributed by atoms with Gasteiger partial charge in [0.25, 0.3) is 5.91 Å². The van der Waals surface area contributed by atoms with E-state index in [0.29, 0.717) is 25.1 Å². The average molecular weight is 276 g/mol. The Morgan fingerprint density at radius 3 is 2.25 bits per heavy atom. The van der Waals surface area contributed by atoms with Crippen molar-refractivity contribution in [1.29, 1.82) is 0 Å². The zero-order valence-corrected chi connectivity index (χ0v) is 12.7. The Labute approximate surface area is 121 Å². The molecule has 110 valence electrons. The first-order valence-electron chi connectivity index (χ1n) is 6.90.